The number of thiazole rings is 1. The summed E-state index contributed by atoms with van der Waals surface area (Å²) in [6.07, 6.45) is 1.52. The first kappa shape index (κ1) is 32.1. The van der Waals surface area contributed by atoms with Crippen LogP contribution in [-0.2, 0) is 9.59 Å². The molecule has 3 N–H and O–H groups in total. The number of anilines is 2. The third-order valence-corrected chi connectivity index (χ3v) is 8.16. The second kappa shape index (κ2) is 15.1. The van der Waals surface area contributed by atoms with Gasteiger partial charge >= 0.3 is 0 Å². The molecule has 0 spiro atoms. The predicted molar refractivity (Wildman–Crippen MR) is 174 cm³/mol. The molecule has 0 aliphatic heterocycles. The van der Waals surface area contributed by atoms with E-state index >= 15 is 0 Å². The Bertz CT molecular complexity index is 1630. The molecule has 10 nitrogen and oxygen atoms in total. The number of thioether (sulfide) groups is 1. The Labute approximate surface area is 263 Å². The lowest BCUT2D eigenvalue weighted by molar-refractivity contribution is -0.115. The highest BCUT2D eigenvalue weighted by atomic mass is 32.2. The average molecular weight is 633 g/mol. The third-order valence-electron chi connectivity index (χ3n) is 6.17. The van der Waals surface area contributed by atoms with E-state index in [9.17, 15) is 14.4 Å². The van der Waals surface area contributed by atoms with Crippen LogP contribution in [0.25, 0.3) is 6.08 Å². The maximum Gasteiger partial charge on any atom is 0.272 e. The summed E-state index contributed by atoms with van der Waals surface area (Å²) in [5, 5.41) is 10.4. The molecule has 1 heterocycles. The number of hydrogen-bond donors (Lipinski definition) is 3. The lowest BCUT2D eigenvalue weighted by Crippen LogP contribution is -2.30. The first-order valence-electron chi connectivity index (χ1n) is 13.4. The summed E-state index contributed by atoms with van der Waals surface area (Å²) < 4.78 is 16.3. The molecule has 3 aromatic carbocycles. The van der Waals surface area contributed by atoms with Crippen molar-refractivity contribution >= 4 is 57.7 Å². The van der Waals surface area contributed by atoms with Crippen LogP contribution in [0.15, 0.2) is 82.7 Å². The van der Waals surface area contributed by atoms with Crippen molar-refractivity contribution in [3.05, 3.63) is 94.6 Å². The minimum Gasteiger partial charge on any atom is -0.493 e. The zero-order valence-electron chi connectivity index (χ0n) is 24.8. The van der Waals surface area contributed by atoms with Crippen molar-refractivity contribution in [3.8, 4) is 17.2 Å². The number of aryl methyl sites for hydroxylation is 1. The van der Waals surface area contributed by atoms with Crippen molar-refractivity contribution in [2.45, 2.75) is 24.0 Å². The molecule has 12 heteroatoms. The van der Waals surface area contributed by atoms with E-state index in [0.29, 0.717) is 39.2 Å². The van der Waals surface area contributed by atoms with Gasteiger partial charge in [0, 0.05) is 21.5 Å². The average Bonchev–Trinajstić information content (AvgIpc) is 3.45. The molecule has 4 aromatic rings. The Hall–Kier alpha value is -4.81. The van der Waals surface area contributed by atoms with Crippen molar-refractivity contribution in [1.29, 1.82) is 0 Å². The van der Waals surface area contributed by atoms with E-state index in [1.807, 2.05) is 31.4 Å². The molecular weight excluding hydrogens is 601 g/mol. The minimum absolute atomic E-state index is 0.00528. The molecular formula is C32H32N4O6S2. The molecule has 0 bridgehead atoms. The van der Waals surface area contributed by atoms with Gasteiger partial charge in [0.25, 0.3) is 11.8 Å². The van der Waals surface area contributed by atoms with Gasteiger partial charge in [-0.3, -0.25) is 14.4 Å². The summed E-state index contributed by atoms with van der Waals surface area (Å²) in [7, 11) is 4.48. The molecule has 0 fully saturated rings. The quantitative estimate of drug-likeness (QED) is 0.128. The molecule has 1 aromatic heterocycles. The van der Waals surface area contributed by atoms with Gasteiger partial charge in [-0.05, 0) is 74.0 Å². The first-order chi connectivity index (χ1) is 21.2. The number of benzene rings is 3. The maximum atomic E-state index is 13.5. The molecule has 1 unspecified atom stereocenters. The molecule has 0 saturated carbocycles. The van der Waals surface area contributed by atoms with Crippen LogP contribution in [0.1, 0.15) is 28.5 Å². The van der Waals surface area contributed by atoms with E-state index in [1.54, 1.807) is 54.6 Å². The number of nitrogens with one attached hydrogen (secondary N) is 3. The number of aromatic nitrogens is 1. The number of nitrogens with zero attached hydrogens (tertiary/aromatic N) is 1. The van der Waals surface area contributed by atoms with E-state index in [4.69, 9.17) is 14.2 Å². The van der Waals surface area contributed by atoms with Crippen molar-refractivity contribution in [1.82, 2.24) is 10.3 Å². The van der Waals surface area contributed by atoms with Crippen molar-refractivity contribution < 1.29 is 28.6 Å². The lowest BCUT2D eigenvalue weighted by Gasteiger charge is -2.15. The van der Waals surface area contributed by atoms with E-state index < -0.39 is 11.8 Å². The Kier molecular flexibility index (Phi) is 11.0. The molecule has 3 amide bonds. The summed E-state index contributed by atoms with van der Waals surface area (Å²) in [5.74, 6) is 0.0308. The Balaban J connectivity index is 1.52. The second-order valence-corrected chi connectivity index (χ2v) is 11.6. The van der Waals surface area contributed by atoms with Crippen LogP contribution in [0.5, 0.6) is 17.2 Å². The van der Waals surface area contributed by atoms with Crippen molar-refractivity contribution in [2.75, 3.05) is 32.0 Å². The first-order valence-corrected chi connectivity index (χ1v) is 15.2. The summed E-state index contributed by atoms with van der Waals surface area (Å²) >= 11 is 2.76. The monoisotopic (exact) mass is 632 g/mol. The van der Waals surface area contributed by atoms with Gasteiger partial charge in [-0.2, -0.15) is 0 Å². The summed E-state index contributed by atoms with van der Waals surface area (Å²) in [6, 6.07) is 19.0. The fourth-order valence-corrected chi connectivity index (χ4v) is 5.54. The molecule has 4 rings (SSSR count). The fourth-order valence-electron chi connectivity index (χ4n) is 3.99. The number of hydrogen-bond acceptors (Lipinski definition) is 9. The van der Waals surface area contributed by atoms with Crippen LogP contribution in [0.4, 0.5) is 10.8 Å². The molecule has 0 aliphatic carbocycles. The third kappa shape index (κ3) is 8.39. The van der Waals surface area contributed by atoms with Crippen LogP contribution in [0.2, 0.25) is 0 Å². The van der Waals surface area contributed by atoms with Crippen LogP contribution in [-0.4, -0.2) is 49.3 Å². The van der Waals surface area contributed by atoms with Crippen molar-refractivity contribution in [2.24, 2.45) is 0 Å². The smallest absolute Gasteiger partial charge is 0.272 e. The largest absolute Gasteiger partial charge is 0.493 e. The number of carbonyl (C=O) groups excluding carboxylic acids is 3. The lowest BCUT2D eigenvalue weighted by atomic mass is 10.1. The van der Waals surface area contributed by atoms with Gasteiger partial charge in [0.1, 0.15) is 5.70 Å². The predicted octanol–water partition coefficient (Wildman–Crippen LogP) is 6.01. The highest BCUT2D eigenvalue weighted by molar-refractivity contribution is 8.00. The summed E-state index contributed by atoms with van der Waals surface area (Å²) in [4.78, 5) is 44.2. The summed E-state index contributed by atoms with van der Waals surface area (Å²) in [5.41, 5.74) is 2.27. The second-order valence-electron chi connectivity index (χ2n) is 9.36. The van der Waals surface area contributed by atoms with Crippen LogP contribution in [0, 0.1) is 6.92 Å². The fraction of sp³-hybridized carbons (Fsp3) is 0.188. The number of amides is 3. The van der Waals surface area contributed by atoms with Crippen LogP contribution in [0.3, 0.4) is 0 Å². The minimum atomic E-state index is -0.546. The van der Waals surface area contributed by atoms with Gasteiger partial charge in [-0.1, -0.05) is 18.2 Å². The number of rotatable bonds is 12. The van der Waals surface area contributed by atoms with Gasteiger partial charge in [-0.15, -0.1) is 23.1 Å². The van der Waals surface area contributed by atoms with Crippen LogP contribution >= 0.6 is 23.1 Å². The van der Waals surface area contributed by atoms with E-state index in [-0.39, 0.29) is 16.9 Å². The zero-order chi connectivity index (χ0) is 31.6. The molecule has 1 atom stereocenters. The van der Waals surface area contributed by atoms with Crippen LogP contribution < -0.4 is 30.2 Å². The number of ether oxygens (including phenoxy) is 3. The highest BCUT2D eigenvalue weighted by Crippen LogP contribution is 2.38. The van der Waals surface area contributed by atoms with Gasteiger partial charge in [-0.25, -0.2) is 4.98 Å². The highest BCUT2D eigenvalue weighted by Gasteiger charge is 2.19. The Morgan fingerprint density at radius 3 is 2.14 bits per heavy atom. The van der Waals surface area contributed by atoms with Gasteiger partial charge < -0.3 is 30.2 Å². The Morgan fingerprint density at radius 1 is 0.909 bits per heavy atom. The summed E-state index contributed by atoms with van der Waals surface area (Å²) in [6.45, 7) is 3.68. The van der Waals surface area contributed by atoms with E-state index in [1.165, 1.54) is 50.5 Å². The topological polar surface area (TPSA) is 128 Å². The van der Waals surface area contributed by atoms with E-state index in [0.717, 1.165) is 10.6 Å². The standard InChI is InChI=1S/C32H32N4O6S2/c1-19-18-43-32(33-19)36-29(37)20(2)44-24-13-11-23(12-14-24)34-31(39)25(35-30(38)22-9-7-6-8-10-22)15-21-16-26(40-3)28(42-5)27(17-21)41-4/h6-18,20H,1-5H3,(H,34,39)(H,35,38)(H,33,36,37)/b25-15-. The molecule has 0 radical (unpaired) electrons. The molecule has 0 aliphatic rings. The Morgan fingerprint density at radius 2 is 1.57 bits per heavy atom. The van der Waals surface area contributed by atoms with Gasteiger partial charge in [0.2, 0.25) is 11.7 Å². The van der Waals surface area contributed by atoms with Gasteiger partial charge in [0.15, 0.2) is 16.6 Å². The molecule has 0 saturated heterocycles. The molecule has 228 valence electrons. The SMILES string of the molecule is COc1cc(/C=C(\NC(=O)c2ccccc2)C(=O)Nc2ccc(SC(C)C(=O)Nc3nc(C)cs3)cc2)cc(OC)c1OC. The van der Waals surface area contributed by atoms with Crippen molar-refractivity contribution in [3.63, 3.8) is 0 Å². The van der Waals surface area contributed by atoms with Gasteiger partial charge in [0.05, 0.1) is 32.3 Å². The molecule has 44 heavy (non-hydrogen) atoms. The maximum absolute atomic E-state index is 13.5. The zero-order valence-corrected chi connectivity index (χ0v) is 26.4. The number of carbonyl (C=O) groups is 3. The number of methoxy groups -OCH3 is 3. The normalized spacial score (nSPS) is 11.7. The van der Waals surface area contributed by atoms with E-state index in [2.05, 4.69) is 20.9 Å².